The average molecular weight is 286 g/mol. The van der Waals surface area contributed by atoms with Crippen molar-refractivity contribution in [2.75, 3.05) is 6.54 Å². The van der Waals surface area contributed by atoms with Crippen LogP contribution in [0.3, 0.4) is 0 Å². The Morgan fingerprint density at radius 2 is 1.95 bits per heavy atom. The van der Waals surface area contributed by atoms with Crippen molar-refractivity contribution in [3.8, 4) is 0 Å². The third kappa shape index (κ3) is 6.22. The molecule has 0 aliphatic rings. The van der Waals surface area contributed by atoms with E-state index in [2.05, 4.69) is 5.32 Å². The molecule has 0 aromatic heterocycles. The van der Waals surface area contributed by atoms with Gasteiger partial charge < -0.3 is 16.8 Å². The van der Waals surface area contributed by atoms with Gasteiger partial charge in [-0.2, -0.15) is 0 Å². The van der Waals surface area contributed by atoms with Gasteiger partial charge in [-0.3, -0.25) is 9.59 Å². The summed E-state index contributed by atoms with van der Waals surface area (Å²) in [7, 11) is 0. The second kappa shape index (κ2) is 8.50. The van der Waals surface area contributed by atoms with E-state index in [1.54, 1.807) is 0 Å². The lowest BCUT2D eigenvalue weighted by molar-refractivity contribution is -0.126. The van der Waals surface area contributed by atoms with E-state index >= 15 is 0 Å². The van der Waals surface area contributed by atoms with Gasteiger partial charge in [0.15, 0.2) is 0 Å². The number of amides is 2. The number of aryl methyl sites for hydroxylation is 1. The molecule has 0 saturated carbocycles. The summed E-state index contributed by atoms with van der Waals surface area (Å²) >= 11 is 0. The van der Waals surface area contributed by atoms with Crippen molar-refractivity contribution >= 4 is 24.2 Å². The Hall–Kier alpha value is -1.59. The first-order valence-corrected chi connectivity index (χ1v) is 5.87. The molecule has 5 nitrogen and oxygen atoms in total. The first kappa shape index (κ1) is 17.4. The SMILES string of the molecule is Cc1ccccc1CCNC(=O)C(N)CC(N)=O.Cl. The van der Waals surface area contributed by atoms with Crippen molar-refractivity contribution in [3.63, 3.8) is 0 Å². The van der Waals surface area contributed by atoms with Crippen molar-refractivity contribution < 1.29 is 9.59 Å². The Morgan fingerprint density at radius 1 is 1.32 bits per heavy atom. The zero-order chi connectivity index (χ0) is 13.5. The van der Waals surface area contributed by atoms with Crippen molar-refractivity contribution in [1.82, 2.24) is 5.32 Å². The molecule has 1 aromatic rings. The van der Waals surface area contributed by atoms with E-state index in [0.717, 1.165) is 6.42 Å². The predicted molar refractivity (Wildman–Crippen MR) is 76.9 cm³/mol. The number of hydrogen-bond acceptors (Lipinski definition) is 3. The predicted octanol–water partition coefficient (Wildman–Crippen LogP) is 0.278. The van der Waals surface area contributed by atoms with Gasteiger partial charge in [0.05, 0.1) is 12.5 Å². The molecule has 1 unspecified atom stereocenters. The fourth-order valence-corrected chi connectivity index (χ4v) is 1.65. The van der Waals surface area contributed by atoms with E-state index in [1.165, 1.54) is 11.1 Å². The zero-order valence-corrected chi connectivity index (χ0v) is 11.7. The van der Waals surface area contributed by atoms with Gasteiger partial charge in [-0.15, -0.1) is 12.4 Å². The van der Waals surface area contributed by atoms with E-state index in [-0.39, 0.29) is 24.7 Å². The van der Waals surface area contributed by atoms with Crippen LogP contribution in [-0.2, 0) is 16.0 Å². The largest absolute Gasteiger partial charge is 0.370 e. The van der Waals surface area contributed by atoms with Crippen molar-refractivity contribution in [3.05, 3.63) is 35.4 Å². The summed E-state index contributed by atoms with van der Waals surface area (Å²) in [6.07, 6.45) is 0.609. The lowest BCUT2D eigenvalue weighted by atomic mass is 10.1. The molecule has 2 amide bonds. The molecule has 19 heavy (non-hydrogen) atoms. The number of nitrogens with one attached hydrogen (secondary N) is 1. The first-order valence-electron chi connectivity index (χ1n) is 5.87. The topological polar surface area (TPSA) is 98.2 Å². The number of rotatable bonds is 6. The van der Waals surface area contributed by atoms with E-state index in [9.17, 15) is 9.59 Å². The highest BCUT2D eigenvalue weighted by molar-refractivity contribution is 5.87. The van der Waals surface area contributed by atoms with E-state index in [1.807, 2.05) is 31.2 Å². The Bertz CT molecular complexity index is 438. The highest BCUT2D eigenvalue weighted by atomic mass is 35.5. The second-order valence-corrected chi connectivity index (χ2v) is 4.24. The van der Waals surface area contributed by atoms with Gasteiger partial charge in [0.25, 0.3) is 0 Å². The normalized spacial score (nSPS) is 11.3. The quantitative estimate of drug-likeness (QED) is 0.700. The summed E-state index contributed by atoms with van der Waals surface area (Å²) in [5.74, 6) is -0.918. The molecular formula is C13H20ClN3O2. The molecule has 1 aromatic carbocycles. The summed E-state index contributed by atoms with van der Waals surface area (Å²) in [4.78, 5) is 22.1. The molecule has 0 heterocycles. The number of halogens is 1. The van der Waals surface area contributed by atoms with Crippen LogP contribution in [-0.4, -0.2) is 24.4 Å². The van der Waals surface area contributed by atoms with Crippen molar-refractivity contribution in [2.45, 2.75) is 25.8 Å². The number of nitrogens with two attached hydrogens (primary N) is 2. The number of primary amides is 1. The monoisotopic (exact) mass is 285 g/mol. The van der Waals surface area contributed by atoms with Gasteiger partial charge in [-0.25, -0.2) is 0 Å². The Kier molecular flexibility index (Phi) is 7.79. The van der Waals surface area contributed by atoms with Crippen LogP contribution < -0.4 is 16.8 Å². The van der Waals surface area contributed by atoms with Crippen LogP contribution in [0.4, 0.5) is 0 Å². The minimum atomic E-state index is -0.862. The minimum absolute atomic E-state index is 0. The van der Waals surface area contributed by atoms with E-state index < -0.39 is 11.9 Å². The maximum atomic E-state index is 11.5. The van der Waals surface area contributed by atoms with Crippen LogP contribution in [0.15, 0.2) is 24.3 Å². The van der Waals surface area contributed by atoms with Crippen LogP contribution >= 0.6 is 12.4 Å². The summed E-state index contributed by atoms with van der Waals surface area (Å²) in [6.45, 7) is 2.52. The fourth-order valence-electron chi connectivity index (χ4n) is 1.65. The third-order valence-corrected chi connectivity index (χ3v) is 2.71. The molecule has 1 rings (SSSR count). The van der Waals surface area contributed by atoms with Gasteiger partial charge in [-0.05, 0) is 24.5 Å². The zero-order valence-electron chi connectivity index (χ0n) is 10.9. The van der Waals surface area contributed by atoms with Crippen molar-refractivity contribution in [2.24, 2.45) is 11.5 Å². The fraction of sp³-hybridized carbons (Fsp3) is 0.385. The Balaban J connectivity index is 0.00000324. The number of hydrogen-bond donors (Lipinski definition) is 3. The molecule has 6 heteroatoms. The smallest absolute Gasteiger partial charge is 0.237 e. The van der Waals surface area contributed by atoms with Gasteiger partial charge in [0.2, 0.25) is 11.8 Å². The Labute approximate surface area is 119 Å². The number of carbonyl (C=O) groups is 2. The molecule has 0 spiro atoms. The average Bonchev–Trinajstić information content (AvgIpc) is 2.30. The maximum Gasteiger partial charge on any atom is 0.237 e. The molecule has 0 fully saturated rings. The van der Waals surface area contributed by atoms with Crippen LogP contribution in [0, 0.1) is 6.92 Å². The van der Waals surface area contributed by atoms with E-state index in [0.29, 0.717) is 6.54 Å². The van der Waals surface area contributed by atoms with Gasteiger partial charge in [0, 0.05) is 6.54 Å². The summed E-state index contributed by atoms with van der Waals surface area (Å²) in [6, 6.07) is 7.11. The highest BCUT2D eigenvalue weighted by Crippen LogP contribution is 2.06. The summed E-state index contributed by atoms with van der Waals surface area (Å²) in [5.41, 5.74) is 12.9. The maximum absolute atomic E-state index is 11.5. The number of benzene rings is 1. The molecule has 0 bridgehead atoms. The van der Waals surface area contributed by atoms with Crippen LogP contribution in [0.5, 0.6) is 0 Å². The molecule has 0 aliphatic heterocycles. The molecule has 1 atom stereocenters. The molecule has 5 N–H and O–H groups in total. The first-order chi connectivity index (χ1) is 8.50. The Morgan fingerprint density at radius 3 is 2.53 bits per heavy atom. The van der Waals surface area contributed by atoms with Crippen LogP contribution in [0.2, 0.25) is 0 Å². The lowest BCUT2D eigenvalue weighted by Crippen LogP contribution is -2.43. The van der Waals surface area contributed by atoms with Crippen LogP contribution in [0.1, 0.15) is 17.5 Å². The molecule has 106 valence electrons. The van der Waals surface area contributed by atoms with E-state index in [4.69, 9.17) is 11.5 Å². The molecular weight excluding hydrogens is 266 g/mol. The van der Waals surface area contributed by atoms with Gasteiger partial charge >= 0.3 is 0 Å². The van der Waals surface area contributed by atoms with Gasteiger partial charge in [-0.1, -0.05) is 24.3 Å². The summed E-state index contributed by atoms with van der Waals surface area (Å²) in [5, 5.41) is 2.69. The minimum Gasteiger partial charge on any atom is -0.370 e. The molecule has 0 radical (unpaired) electrons. The second-order valence-electron chi connectivity index (χ2n) is 4.24. The lowest BCUT2D eigenvalue weighted by Gasteiger charge is -2.11. The number of carbonyl (C=O) groups excluding carboxylic acids is 2. The molecule has 0 saturated heterocycles. The van der Waals surface area contributed by atoms with Gasteiger partial charge in [0.1, 0.15) is 0 Å². The third-order valence-electron chi connectivity index (χ3n) is 2.71. The standard InChI is InChI=1S/C13H19N3O2.ClH/c1-9-4-2-3-5-10(9)6-7-16-13(18)11(14)8-12(15)17;/h2-5,11H,6-8,14H2,1H3,(H2,15,17)(H,16,18);1H. The highest BCUT2D eigenvalue weighted by Gasteiger charge is 2.15. The molecule has 0 aliphatic carbocycles. The van der Waals surface area contributed by atoms with Crippen molar-refractivity contribution in [1.29, 1.82) is 0 Å². The van der Waals surface area contributed by atoms with Crippen LogP contribution in [0.25, 0.3) is 0 Å². The summed E-state index contributed by atoms with van der Waals surface area (Å²) < 4.78 is 0.